The quantitative estimate of drug-likeness (QED) is 0.373. The maximum atomic E-state index is 12.9. The lowest BCUT2D eigenvalue weighted by Gasteiger charge is -2.33. The van der Waals surface area contributed by atoms with Crippen molar-refractivity contribution in [2.45, 2.75) is 78.3 Å². The van der Waals surface area contributed by atoms with E-state index in [2.05, 4.69) is 10.6 Å². The maximum absolute atomic E-state index is 12.9. The lowest BCUT2D eigenvalue weighted by atomic mass is 9.89. The van der Waals surface area contributed by atoms with Crippen LogP contribution in [-0.2, 0) is 22.4 Å². The summed E-state index contributed by atoms with van der Waals surface area (Å²) in [6.45, 7) is 9.80. The molecule has 38 heavy (non-hydrogen) atoms. The zero-order valence-corrected chi connectivity index (χ0v) is 23.1. The van der Waals surface area contributed by atoms with Gasteiger partial charge >= 0.3 is 0 Å². The molecule has 208 valence electrons. The average molecular weight is 527 g/mol. The van der Waals surface area contributed by atoms with Crippen LogP contribution >= 0.6 is 0 Å². The summed E-state index contributed by atoms with van der Waals surface area (Å²) < 4.78 is 22.6. The van der Waals surface area contributed by atoms with Crippen molar-refractivity contribution in [2.75, 3.05) is 26.4 Å². The SMILES string of the molecule is CCOc1ccc(CC(=O)NC2CCCCC2NC(=O)Cc2ccc(OCC)c(OCC)c2)cc1OCC. The van der Waals surface area contributed by atoms with E-state index in [0.29, 0.717) is 49.4 Å². The van der Waals surface area contributed by atoms with Crippen molar-refractivity contribution in [3.05, 3.63) is 47.5 Å². The second kappa shape index (κ2) is 15.1. The average Bonchev–Trinajstić information content (AvgIpc) is 2.89. The number of ether oxygens (including phenoxy) is 4. The van der Waals surface area contributed by atoms with E-state index in [4.69, 9.17) is 18.9 Å². The number of carbonyl (C=O) groups is 2. The minimum absolute atomic E-state index is 0.0735. The minimum atomic E-state index is -0.103. The van der Waals surface area contributed by atoms with Gasteiger partial charge in [0.1, 0.15) is 0 Å². The lowest BCUT2D eigenvalue weighted by Crippen LogP contribution is -2.53. The number of hydrogen-bond acceptors (Lipinski definition) is 6. The number of rotatable bonds is 14. The molecule has 2 amide bonds. The predicted octanol–water partition coefficient (Wildman–Crippen LogP) is 4.61. The maximum Gasteiger partial charge on any atom is 0.224 e. The molecule has 0 heterocycles. The molecular formula is C30H42N2O6. The standard InChI is InChI=1S/C30H42N2O6/c1-5-35-25-15-13-21(17-27(25)37-7-3)19-29(33)31-23-11-9-10-12-24(23)32-30(34)20-22-14-16-26(36-6-2)28(18-22)38-8-4/h13-18,23-24H,5-12,19-20H2,1-4H3,(H,31,33)(H,32,34). The van der Waals surface area contributed by atoms with Gasteiger partial charge in [-0.05, 0) is 75.9 Å². The van der Waals surface area contributed by atoms with Crippen molar-refractivity contribution >= 4 is 11.8 Å². The number of carbonyl (C=O) groups excluding carboxylic acids is 2. The van der Waals surface area contributed by atoms with Gasteiger partial charge in [-0.25, -0.2) is 0 Å². The van der Waals surface area contributed by atoms with Gasteiger partial charge in [-0.15, -0.1) is 0 Å². The van der Waals surface area contributed by atoms with E-state index in [0.717, 1.165) is 36.8 Å². The first-order valence-electron chi connectivity index (χ1n) is 13.8. The van der Waals surface area contributed by atoms with E-state index in [9.17, 15) is 9.59 Å². The van der Waals surface area contributed by atoms with Crippen molar-refractivity contribution in [3.63, 3.8) is 0 Å². The number of amides is 2. The van der Waals surface area contributed by atoms with Gasteiger partial charge in [0, 0.05) is 12.1 Å². The molecule has 8 heteroatoms. The zero-order valence-electron chi connectivity index (χ0n) is 23.1. The third-order valence-electron chi connectivity index (χ3n) is 6.40. The van der Waals surface area contributed by atoms with Gasteiger partial charge in [0.05, 0.1) is 39.3 Å². The zero-order chi connectivity index (χ0) is 27.3. The largest absolute Gasteiger partial charge is 0.490 e. The molecule has 2 aromatic rings. The molecule has 8 nitrogen and oxygen atoms in total. The Morgan fingerprint density at radius 1 is 0.632 bits per heavy atom. The Labute approximate surface area is 226 Å². The Hall–Kier alpha value is -3.42. The highest BCUT2D eigenvalue weighted by Gasteiger charge is 2.28. The normalized spacial score (nSPS) is 16.8. The van der Waals surface area contributed by atoms with Crippen LogP contribution in [0.5, 0.6) is 23.0 Å². The highest BCUT2D eigenvalue weighted by Crippen LogP contribution is 2.30. The first kappa shape index (κ1) is 29.1. The smallest absolute Gasteiger partial charge is 0.224 e. The van der Waals surface area contributed by atoms with Gasteiger partial charge in [0.2, 0.25) is 11.8 Å². The van der Waals surface area contributed by atoms with E-state index in [-0.39, 0.29) is 36.7 Å². The molecule has 0 saturated heterocycles. The van der Waals surface area contributed by atoms with Crippen molar-refractivity contribution in [3.8, 4) is 23.0 Å². The Morgan fingerprint density at radius 2 is 1.00 bits per heavy atom. The van der Waals surface area contributed by atoms with Gasteiger partial charge in [0.25, 0.3) is 0 Å². The highest BCUT2D eigenvalue weighted by atomic mass is 16.5. The molecule has 0 aromatic heterocycles. The van der Waals surface area contributed by atoms with Gasteiger partial charge in [-0.1, -0.05) is 25.0 Å². The van der Waals surface area contributed by atoms with Crippen LogP contribution in [0.3, 0.4) is 0 Å². The summed E-state index contributed by atoms with van der Waals surface area (Å²) >= 11 is 0. The van der Waals surface area contributed by atoms with E-state index < -0.39 is 0 Å². The van der Waals surface area contributed by atoms with Crippen LogP contribution in [0.15, 0.2) is 36.4 Å². The van der Waals surface area contributed by atoms with Crippen LogP contribution in [0.2, 0.25) is 0 Å². The summed E-state index contributed by atoms with van der Waals surface area (Å²) in [5, 5.41) is 6.33. The topological polar surface area (TPSA) is 95.1 Å². The fraction of sp³-hybridized carbons (Fsp3) is 0.533. The third kappa shape index (κ3) is 8.57. The summed E-state index contributed by atoms with van der Waals surface area (Å²) in [5.41, 5.74) is 1.71. The molecule has 1 aliphatic carbocycles. The van der Waals surface area contributed by atoms with Crippen LogP contribution in [0, 0.1) is 0 Å². The van der Waals surface area contributed by atoms with Crippen molar-refractivity contribution in [1.29, 1.82) is 0 Å². The van der Waals surface area contributed by atoms with Gasteiger partial charge in [-0.2, -0.15) is 0 Å². The van der Waals surface area contributed by atoms with E-state index >= 15 is 0 Å². The first-order valence-corrected chi connectivity index (χ1v) is 13.8. The van der Waals surface area contributed by atoms with Crippen molar-refractivity contribution < 1.29 is 28.5 Å². The number of benzene rings is 2. The molecule has 0 radical (unpaired) electrons. The molecule has 1 aliphatic rings. The molecule has 0 aliphatic heterocycles. The molecule has 0 spiro atoms. The lowest BCUT2D eigenvalue weighted by molar-refractivity contribution is -0.124. The van der Waals surface area contributed by atoms with Crippen LogP contribution in [0.1, 0.15) is 64.5 Å². The molecule has 2 N–H and O–H groups in total. The summed E-state index contributed by atoms with van der Waals surface area (Å²) in [5.74, 6) is 2.49. The van der Waals surface area contributed by atoms with Gasteiger partial charge < -0.3 is 29.6 Å². The monoisotopic (exact) mass is 526 g/mol. The van der Waals surface area contributed by atoms with Crippen LogP contribution < -0.4 is 29.6 Å². The number of nitrogens with one attached hydrogen (secondary N) is 2. The van der Waals surface area contributed by atoms with E-state index in [1.54, 1.807) is 0 Å². The van der Waals surface area contributed by atoms with Crippen LogP contribution in [-0.4, -0.2) is 50.3 Å². The molecule has 2 aromatic carbocycles. The second-order valence-electron chi connectivity index (χ2n) is 9.28. The highest BCUT2D eigenvalue weighted by molar-refractivity contribution is 5.80. The van der Waals surface area contributed by atoms with E-state index in [1.165, 1.54) is 0 Å². The molecule has 1 fully saturated rings. The van der Waals surface area contributed by atoms with Crippen molar-refractivity contribution in [2.24, 2.45) is 0 Å². The minimum Gasteiger partial charge on any atom is -0.490 e. The van der Waals surface area contributed by atoms with Crippen LogP contribution in [0.4, 0.5) is 0 Å². The van der Waals surface area contributed by atoms with Gasteiger partial charge in [-0.3, -0.25) is 9.59 Å². The molecule has 1 saturated carbocycles. The predicted molar refractivity (Wildman–Crippen MR) is 147 cm³/mol. The fourth-order valence-electron chi connectivity index (χ4n) is 4.77. The summed E-state index contributed by atoms with van der Waals surface area (Å²) in [7, 11) is 0. The number of hydrogen-bond donors (Lipinski definition) is 2. The Bertz CT molecular complexity index is 974. The summed E-state index contributed by atoms with van der Waals surface area (Å²) in [6.07, 6.45) is 4.17. The van der Waals surface area contributed by atoms with E-state index in [1.807, 2.05) is 64.1 Å². The first-order chi connectivity index (χ1) is 18.5. The Kier molecular flexibility index (Phi) is 11.6. The van der Waals surface area contributed by atoms with Crippen LogP contribution in [0.25, 0.3) is 0 Å². The van der Waals surface area contributed by atoms with Crippen molar-refractivity contribution in [1.82, 2.24) is 10.6 Å². The molecule has 2 unspecified atom stereocenters. The summed E-state index contributed by atoms with van der Waals surface area (Å²) in [4.78, 5) is 25.9. The molecule has 2 atom stereocenters. The summed E-state index contributed by atoms with van der Waals surface area (Å²) in [6, 6.07) is 11.0. The fourth-order valence-corrected chi connectivity index (χ4v) is 4.77. The van der Waals surface area contributed by atoms with Gasteiger partial charge in [0.15, 0.2) is 23.0 Å². The molecular weight excluding hydrogens is 484 g/mol. The Morgan fingerprint density at radius 3 is 1.37 bits per heavy atom. The molecule has 0 bridgehead atoms. The molecule has 3 rings (SSSR count). The third-order valence-corrected chi connectivity index (χ3v) is 6.40. The second-order valence-corrected chi connectivity index (χ2v) is 9.28. The Balaban J connectivity index is 1.59.